The third-order valence-corrected chi connectivity index (χ3v) is 5.36. The topological polar surface area (TPSA) is 46.9 Å². The molecule has 1 aliphatic carbocycles. The molecule has 0 aromatic carbocycles. The molecule has 0 amide bonds. The predicted octanol–water partition coefficient (Wildman–Crippen LogP) is 3.68. The molecule has 3 rings (SSSR count). The van der Waals surface area contributed by atoms with E-state index in [-0.39, 0.29) is 5.56 Å². The number of hydrogen-bond donors (Lipinski definition) is 1. The zero-order chi connectivity index (χ0) is 14.8. The van der Waals surface area contributed by atoms with Crippen molar-refractivity contribution in [2.75, 3.05) is 5.32 Å². The normalized spacial score (nSPS) is 15.0. The van der Waals surface area contributed by atoms with Crippen LogP contribution in [0.4, 0.5) is 5.69 Å². The number of rotatable bonds is 5. The summed E-state index contributed by atoms with van der Waals surface area (Å²) in [6, 6.07) is 2.07. The second-order valence-corrected chi connectivity index (χ2v) is 6.94. The van der Waals surface area contributed by atoms with Crippen LogP contribution in [-0.2, 0) is 13.1 Å². The molecule has 2 aromatic rings. The van der Waals surface area contributed by atoms with Gasteiger partial charge in [0.15, 0.2) is 0 Å². The quantitative estimate of drug-likeness (QED) is 0.913. The lowest BCUT2D eigenvalue weighted by atomic mass is 9.85. The van der Waals surface area contributed by atoms with Gasteiger partial charge in [-0.25, -0.2) is 4.68 Å². The molecule has 0 unspecified atom stereocenters. The van der Waals surface area contributed by atoms with E-state index in [1.54, 1.807) is 22.2 Å². The summed E-state index contributed by atoms with van der Waals surface area (Å²) in [6.45, 7) is 3.38. The van der Waals surface area contributed by atoms with Crippen LogP contribution in [0.15, 0.2) is 22.4 Å². The summed E-state index contributed by atoms with van der Waals surface area (Å²) in [5, 5.41) is 9.78. The molecule has 4 nitrogen and oxygen atoms in total. The van der Waals surface area contributed by atoms with E-state index >= 15 is 0 Å². The van der Waals surface area contributed by atoms with Crippen molar-refractivity contribution in [2.24, 2.45) is 5.92 Å². The summed E-state index contributed by atoms with van der Waals surface area (Å²) in [4.78, 5) is 13.7. The molecule has 0 saturated heterocycles. The molecule has 2 heterocycles. The van der Waals surface area contributed by atoms with E-state index in [2.05, 4.69) is 28.8 Å². The number of hydrogen-bond acceptors (Lipinski definition) is 4. The summed E-state index contributed by atoms with van der Waals surface area (Å²) >= 11 is 7.81. The maximum Gasteiger partial charge on any atom is 0.291 e. The highest BCUT2D eigenvalue weighted by Gasteiger charge is 2.20. The molecule has 6 heteroatoms. The third kappa shape index (κ3) is 3.14. The fourth-order valence-corrected chi connectivity index (χ4v) is 3.47. The largest absolute Gasteiger partial charge is 0.374 e. The van der Waals surface area contributed by atoms with Crippen molar-refractivity contribution in [1.29, 1.82) is 0 Å². The number of nitrogens with zero attached hydrogens (tertiary/aromatic N) is 2. The third-order valence-electron chi connectivity index (χ3n) is 4.05. The first kappa shape index (κ1) is 14.6. The van der Waals surface area contributed by atoms with Gasteiger partial charge in [0.25, 0.3) is 5.56 Å². The summed E-state index contributed by atoms with van der Waals surface area (Å²) in [7, 11) is 0. The van der Waals surface area contributed by atoms with Crippen LogP contribution in [0.25, 0.3) is 0 Å². The SMILES string of the molecule is Cc1ccsc1CNc1c(Cl)cnn(CC2CCC2)c1=O. The Labute approximate surface area is 132 Å². The zero-order valence-corrected chi connectivity index (χ0v) is 13.5. The molecule has 2 aromatic heterocycles. The van der Waals surface area contributed by atoms with Gasteiger partial charge in [-0.1, -0.05) is 18.0 Å². The molecule has 112 valence electrons. The number of halogens is 1. The maximum absolute atomic E-state index is 12.5. The van der Waals surface area contributed by atoms with E-state index in [0.717, 1.165) is 0 Å². The Morgan fingerprint density at radius 3 is 2.95 bits per heavy atom. The Bertz CT molecular complexity index is 690. The lowest BCUT2D eigenvalue weighted by Gasteiger charge is -2.25. The molecule has 0 bridgehead atoms. The van der Waals surface area contributed by atoms with Gasteiger partial charge in [0, 0.05) is 18.0 Å². The zero-order valence-electron chi connectivity index (χ0n) is 11.9. The van der Waals surface area contributed by atoms with E-state index in [9.17, 15) is 4.79 Å². The molecular weight excluding hydrogens is 306 g/mol. The van der Waals surface area contributed by atoms with Crippen LogP contribution < -0.4 is 10.9 Å². The minimum Gasteiger partial charge on any atom is -0.374 e. The first-order valence-electron chi connectivity index (χ1n) is 7.17. The van der Waals surface area contributed by atoms with Gasteiger partial charge in [-0.3, -0.25) is 4.79 Å². The molecular formula is C15H18ClN3OS. The molecule has 0 spiro atoms. The molecule has 0 radical (unpaired) electrons. The number of nitrogens with one attached hydrogen (secondary N) is 1. The highest BCUT2D eigenvalue weighted by Crippen LogP contribution is 2.27. The van der Waals surface area contributed by atoms with Gasteiger partial charge >= 0.3 is 0 Å². The van der Waals surface area contributed by atoms with E-state index in [0.29, 0.717) is 29.7 Å². The number of aromatic nitrogens is 2. The van der Waals surface area contributed by atoms with Crippen LogP contribution in [0.3, 0.4) is 0 Å². The Balaban J connectivity index is 1.78. The van der Waals surface area contributed by atoms with Gasteiger partial charge < -0.3 is 5.32 Å². The van der Waals surface area contributed by atoms with Crippen LogP contribution in [0, 0.1) is 12.8 Å². The van der Waals surface area contributed by atoms with Crippen LogP contribution in [0.1, 0.15) is 29.7 Å². The highest BCUT2D eigenvalue weighted by molar-refractivity contribution is 7.10. The van der Waals surface area contributed by atoms with E-state index in [1.165, 1.54) is 29.7 Å². The minimum absolute atomic E-state index is 0.122. The first-order chi connectivity index (χ1) is 10.1. The Morgan fingerprint density at radius 1 is 1.52 bits per heavy atom. The summed E-state index contributed by atoms with van der Waals surface area (Å²) in [5.74, 6) is 0.587. The summed E-state index contributed by atoms with van der Waals surface area (Å²) in [5.41, 5.74) is 1.56. The van der Waals surface area contributed by atoms with Gasteiger partial charge in [-0.2, -0.15) is 5.10 Å². The molecule has 1 saturated carbocycles. The fraction of sp³-hybridized carbons (Fsp3) is 0.467. The minimum atomic E-state index is -0.122. The first-order valence-corrected chi connectivity index (χ1v) is 8.43. The van der Waals surface area contributed by atoms with Crippen molar-refractivity contribution < 1.29 is 0 Å². The average molecular weight is 324 g/mol. The number of thiophene rings is 1. The monoisotopic (exact) mass is 323 g/mol. The van der Waals surface area contributed by atoms with Gasteiger partial charge in [-0.05, 0) is 42.7 Å². The summed E-state index contributed by atoms with van der Waals surface area (Å²) in [6.07, 6.45) is 5.20. The lowest BCUT2D eigenvalue weighted by molar-refractivity contribution is 0.262. The summed E-state index contributed by atoms with van der Waals surface area (Å²) < 4.78 is 1.54. The highest BCUT2D eigenvalue weighted by atomic mass is 35.5. The van der Waals surface area contributed by atoms with Crippen molar-refractivity contribution in [3.05, 3.63) is 43.5 Å². The van der Waals surface area contributed by atoms with Crippen molar-refractivity contribution in [3.8, 4) is 0 Å². The van der Waals surface area contributed by atoms with Gasteiger partial charge in [-0.15, -0.1) is 11.3 Å². The van der Waals surface area contributed by atoms with E-state index < -0.39 is 0 Å². The van der Waals surface area contributed by atoms with E-state index in [4.69, 9.17) is 11.6 Å². The predicted molar refractivity (Wildman–Crippen MR) is 87.2 cm³/mol. The van der Waals surface area contributed by atoms with Crippen molar-refractivity contribution in [1.82, 2.24) is 9.78 Å². The molecule has 21 heavy (non-hydrogen) atoms. The van der Waals surface area contributed by atoms with Crippen LogP contribution in [0.5, 0.6) is 0 Å². The van der Waals surface area contributed by atoms with Crippen LogP contribution >= 0.6 is 22.9 Å². The molecule has 1 aliphatic rings. The Kier molecular flexibility index (Phi) is 4.31. The van der Waals surface area contributed by atoms with Gasteiger partial charge in [0.2, 0.25) is 0 Å². The van der Waals surface area contributed by atoms with Crippen molar-refractivity contribution >= 4 is 28.6 Å². The second kappa shape index (κ2) is 6.20. The van der Waals surface area contributed by atoms with Crippen LogP contribution in [0.2, 0.25) is 5.02 Å². The molecule has 0 atom stereocenters. The van der Waals surface area contributed by atoms with E-state index in [1.807, 2.05) is 0 Å². The Morgan fingerprint density at radius 2 is 2.33 bits per heavy atom. The van der Waals surface area contributed by atoms with Crippen molar-refractivity contribution in [2.45, 2.75) is 39.3 Å². The van der Waals surface area contributed by atoms with Crippen molar-refractivity contribution in [3.63, 3.8) is 0 Å². The second-order valence-electron chi connectivity index (χ2n) is 5.53. The van der Waals surface area contributed by atoms with Gasteiger partial charge in [0.1, 0.15) is 5.69 Å². The average Bonchev–Trinajstić information content (AvgIpc) is 2.81. The number of anilines is 1. The lowest BCUT2D eigenvalue weighted by Crippen LogP contribution is -2.30. The molecule has 1 fully saturated rings. The standard InChI is InChI=1S/C15H18ClN3OS/c1-10-5-6-21-13(10)8-17-14-12(16)7-18-19(15(14)20)9-11-3-2-4-11/h5-7,11,17H,2-4,8-9H2,1H3. The maximum atomic E-state index is 12.5. The van der Waals surface area contributed by atoms with Gasteiger partial charge in [0.05, 0.1) is 11.2 Å². The fourth-order valence-electron chi connectivity index (χ4n) is 2.43. The molecule has 1 N–H and O–H groups in total. The smallest absolute Gasteiger partial charge is 0.291 e. The number of aryl methyl sites for hydroxylation is 1. The Hall–Kier alpha value is -1.33. The van der Waals surface area contributed by atoms with Crippen LogP contribution in [-0.4, -0.2) is 9.78 Å². The molecule has 0 aliphatic heterocycles.